The summed E-state index contributed by atoms with van der Waals surface area (Å²) in [5.74, 6) is -0.384. The van der Waals surface area contributed by atoms with Crippen molar-refractivity contribution in [1.82, 2.24) is 9.62 Å². The Bertz CT molecular complexity index is 708. The summed E-state index contributed by atoms with van der Waals surface area (Å²) < 4.78 is 35.8. The average Bonchev–Trinajstić information content (AvgIpc) is 2.93. The molecule has 1 aromatic rings. The van der Waals surface area contributed by atoms with Crippen LogP contribution >= 0.6 is 11.6 Å². The van der Waals surface area contributed by atoms with E-state index in [1.54, 1.807) is 18.2 Å². The zero-order valence-electron chi connectivity index (χ0n) is 13.8. The molecule has 1 heterocycles. The van der Waals surface area contributed by atoms with E-state index in [1.807, 2.05) is 0 Å². The van der Waals surface area contributed by atoms with Gasteiger partial charge in [-0.15, -0.1) is 0 Å². The molecule has 24 heavy (non-hydrogen) atoms. The van der Waals surface area contributed by atoms with E-state index in [1.165, 1.54) is 25.5 Å². The van der Waals surface area contributed by atoms with E-state index in [-0.39, 0.29) is 36.8 Å². The fourth-order valence-corrected chi connectivity index (χ4v) is 3.77. The zero-order valence-corrected chi connectivity index (χ0v) is 15.4. The van der Waals surface area contributed by atoms with Gasteiger partial charge in [0.05, 0.1) is 37.7 Å². The Kier molecular flexibility index (Phi) is 6.08. The highest BCUT2D eigenvalue weighted by atomic mass is 35.5. The third-order valence-corrected chi connectivity index (χ3v) is 6.10. The molecule has 0 spiro atoms. The fourth-order valence-electron chi connectivity index (χ4n) is 2.44. The quantitative estimate of drug-likeness (QED) is 0.800. The highest BCUT2D eigenvalue weighted by Crippen LogP contribution is 2.24. The monoisotopic (exact) mass is 376 g/mol. The molecule has 0 aromatic heterocycles. The molecule has 2 rings (SSSR count). The first-order chi connectivity index (χ1) is 11.2. The number of amides is 1. The number of carbonyl (C=O) groups is 1. The van der Waals surface area contributed by atoms with Crippen LogP contribution in [0, 0.1) is 5.92 Å². The Morgan fingerprint density at radius 1 is 1.42 bits per heavy atom. The number of nitrogens with one attached hydrogen (secondary N) is 1. The van der Waals surface area contributed by atoms with Gasteiger partial charge in [-0.3, -0.25) is 4.79 Å². The molecule has 134 valence electrons. The Balaban J connectivity index is 2.11. The van der Waals surface area contributed by atoms with Gasteiger partial charge in [0.25, 0.3) is 5.91 Å². The number of halogens is 1. The van der Waals surface area contributed by atoms with Crippen molar-refractivity contribution in [3.05, 3.63) is 28.8 Å². The molecule has 1 saturated heterocycles. The molecule has 0 bridgehead atoms. The van der Waals surface area contributed by atoms with Crippen LogP contribution in [0.4, 0.5) is 0 Å². The van der Waals surface area contributed by atoms with E-state index in [0.29, 0.717) is 16.3 Å². The molecule has 0 unspecified atom stereocenters. The summed E-state index contributed by atoms with van der Waals surface area (Å²) in [5, 5.41) is 3.29. The molecule has 2 atom stereocenters. The minimum atomic E-state index is -3.37. The summed E-state index contributed by atoms with van der Waals surface area (Å²) in [5.41, 5.74) is 0.336. The van der Waals surface area contributed by atoms with Gasteiger partial charge in [0.2, 0.25) is 10.0 Å². The van der Waals surface area contributed by atoms with Crippen LogP contribution in [0.1, 0.15) is 10.4 Å². The van der Waals surface area contributed by atoms with E-state index >= 15 is 0 Å². The first-order valence-corrected chi connectivity index (χ1v) is 9.35. The second kappa shape index (κ2) is 7.69. The molecule has 9 heteroatoms. The van der Waals surface area contributed by atoms with E-state index in [0.717, 1.165) is 0 Å². The third-order valence-electron chi connectivity index (χ3n) is 3.90. The first-order valence-electron chi connectivity index (χ1n) is 7.37. The lowest BCUT2D eigenvalue weighted by molar-refractivity contribution is 0.0923. The first kappa shape index (κ1) is 19.0. The van der Waals surface area contributed by atoms with Crippen molar-refractivity contribution in [3.8, 4) is 5.75 Å². The number of nitrogens with zero attached hydrogens (tertiary/aromatic N) is 1. The van der Waals surface area contributed by atoms with E-state index in [2.05, 4.69) is 5.32 Å². The number of benzene rings is 1. The Morgan fingerprint density at radius 2 is 2.12 bits per heavy atom. The molecule has 7 nitrogen and oxygen atoms in total. The van der Waals surface area contributed by atoms with E-state index in [4.69, 9.17) is 21.1 Å². The predicted octanol–water partition coefficient (Wildman–Crippen LogP) is 0.985. The smallest absolute Gasteiger partial charge is 0.255 e. The molecule has 1 fully saturated rings. The maximum absolute atomic E-state index is 12.5. The van der Waals surface area contributed by atoms with Crippen LogP contribution in [0.15, 0.2) is 18.2 Å². The van der Waals surface area contributed by atoms with Crippen molar-refractivity contribution in [3.63, 3.8) is 0 Å². The summed E-state index contributed by atoms with van der Waals surface area (Å²) in [6.45, 7) is 0.561. The van der Waals surface area contributed by atoms with E-state index in [9.17, 15) is 13.2 Å². The number of hydrogen-bond acceptors (Lipinski definition) is 5. The van der Waals surface area contributed by atoms with Crippen LogP contribution < -0.4 is 10.1 Å². The molecular weight excluding hydrogens is 356 g/mol. The van der Waals surface area contributed by atoms with E-state index < -0.39 is 10.0 Å². The number of hydrogen-bond donors (Lipinski definition) is 1. The van der Waals surface area contributed by atoms with Crippen molar-refractivity contribution >= 4 is 27.5 Å². The van der Waals surface area contributed by atoms with Gasteiger partial charge in [-0.1, -0.05) is 11.6 Å². The molecule has 0 aliphatic carbocycles. The Labute approximate surface area is 146 Å². The van der Waals surface area contributed by atoms with Gasteiger partial charge < -0.3 is 14.8 Å². The average molecular weight is 377 g/mol. The lowest BCUT2D eigenvalue weighted by Gasteiger charge is -2.21. The Hall–Kier alpha value is -1.35. The molecular formula is C15H21ClN2O5S. The van der Waals surface area contributed by atoms with Crippen LogP contribution in [0.25, 0.3) is 0 Å². The predicted molar refractivity (Wildman–Crippen MR) is 91.0 cm³/mol. The minimum Gasteiger partial charge on any atom is -0.496 e. The lowest BCUT2D eigenvalue weighted by atomic mass is 10.1. The van der Waals surface area contributed by atoms with Gasteiger partial charge >= 0.3 is 0 Å². The van der Waals surface area contributed by atoms with Gasteiger partial charge in [0.1, 0.15) is 5.75 Å². The molecule has 0 radical (unpaired) electrons. The van der Waals surface area contributed by atoms with Crippen LogP contribution in [0.3, 0.4) is 0 Å². The maximum atomic E-state index is 12.5. The minimum absolute atomic E-state index is 0.0807. The Morgan fingerprint density at radius 3 is 2.75 bits per heavy atom. The summed E-state index contributed by atoms with van der Waals surface area (Å²) in [4.78, 5) is 12.5. The van der Waals surface area contributed by atoms with Gasteiger partial charge in [-0.2, -0.15) is 0 Å². The fraction of sp³-hybridized carbons (Fsp3) is 0.533. The third kappa shape index (κ3) is 4.38. The largest absolute Gasteiger partial charge is 0.496 e. The molecule has 1 N–H and O–H groups in total. The van der Waals surface area contributed by atoms with Crippen LogP contribution in [-0.4, -0.2) is 64.8 Å². The second-order valence-corrected chi connectivity index (χ2v) is 8.45. The van der Waals surface area contributed by atoms with Gasteiger partial charge in [-0.05, 0) is 18.2 Å². The number of ether oxygens (including phenoxy) is 2. The molecule has 1 amide bonds. The van der Waals surface area contributed by atoms with Crippen molar-refractivity contribution in [2.45, 2.75) is 6.04 Å². The maximum Gasteiger partial charge on any atom is 0.255 e. The lowest BCUT2D eigenvalue weighted by Crippen LogP contribution is -2.43. The number of methoxy groups -OCH3 is 1. The number of sulfonamides is 1. The molecule has 1 aliphatic heterocycles. The van der Waals surface area contributed by atoms with Crippen molar-refractivity contribution in [1.29, 1.82) is 0 Å². The highest BCUT2D eigenvalue weighted by molar-refractivity contribution is 7.89. The summed E-state index contributed by atoms with van der Waals surface area (Å²) in [6, 6.07) is 4.33. The standard InChI is InChI=1S/C15H21ClN2O5S/c1-18(2)24(20,21)9-10-7-23-8-13(10)17-15(19)12-5-4-11(16)6-14(12)22-3/h4-6,10,13H,7-9H2,1-3H3,(H,17,19)/t10-,13+/m0/s1. The highest BCUT2D eigenvalue weighted by Gasteiger charge is 2.34. The van der Waals surface area contributed by atoms with Crippen LogP contribution in [0.5, 0.6) is 5.75 Å². The normalized spacial score (nSPS) is 21.0. The van der Waals surface area contributed by atoms with Gasteiger partial charge in [0, 0.05) is 25.0 Å². The summed E-state index contributed by atoms with van der Waals surface area (Å²) in [6.07, 6.45) is 0. The molecule has 1 aliphatic rings. The van der Waals surface area contributed by atoms with Crippen molar-refractivity contribution < 1.29 is 22.7 Å². The number of carbonyl (C=O) groups excluding carboxylic acids is 1. The zero-order chi connectivity index (χ0) is 17.9. The molecule has 1 aromatic carbocycles. The van der Waals surface area contributed by atoms with Crippen molar-refractivity contribution in [2.24, 2.45) is 5.92 Å². The topological polar surface area (TPSA) is 84.9 Å². The number of rotatable bonds is 6. The second-order valence-electron chi connectivity index (χ2n) is 5.78. The van der Waals surface area contributed by atoms with Crippen LogP contribution in [-0.2, 0) is 14.8 Å². The van der Waals surface area contributed by atoms with Gasteiger partial charge in [-0.25, -0.2) is 12.7 Å². The van der Waals surface area contributed by atoms with Crippen molar-refractivity contribution in [2.75, 3.05) is 40.2 Å². The van der Waals surface area contributed by atoms with Crippen LogP contribution in [0.2, 0.25) is 5.02 Å². The summed E-state index contributed by atoms with van der Waals surface area (Å²) >= 11 is 5.89. The summed E-state index contributed by atoms with van der Waals surface area (Å²) in [7, 11) is 1.05. The van der Waals surface area contributed by atoms with Gasteiger partial charge in [0.15, 0.2) is 0 Å². The molecule has 0 saturated carbocycles. The SMILES string of the molecule is COc1cc(Cl)ccc1C(=O)N[C@@H]1COC[C@H]1CS(=O)(=O)N(C)C.